The average Bonchev–Trinajstić information content (AvgIpc) is 3.16. The summed E-state index contributed by atoms with van der Waals surface area (Å²) in [5.74, 6) is -0.479. The van der Waals surface area contributed by atoms with E-state index in [1.165, 1.54) is 12.1 Å². The van der Waals surface area contributed by atoms with E-state index < -0.39 is 6.04 Å². The maximum Gasteiger partial charge on any atom is 0.258 e. The molecule has 1 aliphatic rings. The molecule has 1 N–H and O–H groups in total. The summed E-state index contributed by atoms with van der Waals surface area (Å²) in [6.07, 6.45) is 1.10. The number of halogens is 1. The number of nitrogens with one attached hydrogen (secondary N) is 1. The van der Waals surface area contributed by atoms with E-state index in [-0.39, 0.29) is 42.4 Å². The molecule has 0 spiro atoms. The predicted octanol–water partition coefficient (Wildman–Crippen LogP) is 5.30. The molecule has 1 aliphatic heterocycles. The van der Waals surface area contributed by atoms with Crippen molar-refractivity contribution in [3.63, 3.8) is 0 Å². The number of rotatable bonds is 11. The van der Waals surface area contributed by atoms with E-state index in [2.05, 4.69) is 5.32 Å². The Bertz CT molecular complexity index is 1280. The van der Waals surface area contributed by atoms with Crippen molar-refractivity contribution in [2.75, 3.05) is 18.0 Å². The summed E-state index contributed by atoms with van der Waals surface area (Å²) >= 11 is 0. The monoisotopic (exact) mass is 503 g/mol. The minimum atomic E-state index is -0.636. The van der Waals surface area contributed by atoms with Crippen LogP contribution in [0, 0.1) is 11.7 Å². The minimum absolute atomic E-state index is 0.0538. The van der Waals surface area contributed by atoms with Gasteiger partial charge in [0, 0.05) is 37.0 Å². The Hall–Kier alpha value is -3.74. The molecular formula is C30H34FN3O3. The quantitative estimate of drug-likeness (QED) is 0.386. The molecular weight excluding hydrogens is 469 g/mol. The lowest BCUT2D eigenvalue weighted by atomic mass is 10.1. The molecule has 6 nitrogen and oxygen atoms in total. The van der Waals surface area contributed by atoms with Gasteiger partial charge in [-0.1, -0.05) is 57.2 Å². The van der Waals surface area contributed by atoms with E-state index in [0.29, 0.717) is 31.5 Å². The van der Waals surface area contributed by atoms with Gasteiger partial charge in [-0.2, -0.15) is 0 Å². The number of anilines is 1. The topological polar surface area (TPSA) is 69.7 Å². The molecule has 0 bridgehead atoms. The summed E-state index contributed by atoms with van der Waals surface area (Å²) in [6, 6.07) is 16.9. The average molecular weight is 504 g/mol. The minimum Gasteiger partial charge on any atom is -0.354 e. The second-order valence-corrected chi connectivity index (χ2v) is 9.95. The number of carbonyl (C=O) groups is 3. The van der Waals surface area contributed by atoms with Gasteiger partial charge in [-0.15, -0.1) is 0 Å². The standard InChI is InChI=1S/C30H34FN3O3/c1-4-25(29(36)32-18-20(2)3)34(19-21-13-15-23(31)16-14-21)27(35)12-7-17-33-26-11-6-9-22-8-5-10-24(28(22)26)30(33)37/h5-6,8-11,13-16,20,25H,4,7,12,17-19H2,1-3H3,(H,32,36)/t25-/m1/s1. The van der Waals surface area contributed by atoms with Crippen LogP contribution in [0.3, 0.4) is 0 Å². The van der Waals surface area contributed by atoms with Crippen molar-refractivity contribution in [3.05, 3.63) is 77.6 Å². The molecule has 37 heavy (non-hydrogen) atoms. The van der Waals surface area contributed by atoms with Crippen molar-refractivity contribution >= 4 is 34.2 Å². The molecule has 3 aromatic carbocycles. The third-order valence-corrected chi connectivity index (χ3v) is 6.76. The van der Waals surface area contributed by atoms with Crippen LogP contribution >= 0.6 is 0 Å². The zero-order valence-electron chi connectivity index (χ0n) is 21.7. The molecule has 0 unspecified atom stereocenters. The van der Waals surface area contributed by atoms with Gasteiger partial charge in [-0.25, -0.2) is 4.39 Å². The molecule has 0 saturated carbocycles. The van der Waals surface area contributed by atoms with Gasteiger partial charge in [0.2, 0.25) is 11.8 Å². The van der Waals surface area contributed by atoms with Crippen molar-refractivity contribution < 1.29 is 18.8 Å². The largest absolute Gasteiger partial charge is 0.354 e. The summed E-state index contributed by atoms with van der Waals surface area (Å²) in [7, 11) is 0. The summed E-state index contributed by atoms with van der Waals surface area (Å²) in [5.41, 5.74) is 2.31. The lowest BCUT2D eigenvalue weighted by molar-refractivity contribution is -0.141. The third kappa shape index (κ3) is 5.82. The van der Waals surface area contributed by atoms with Crippen LogP contribution in [0.25, 0.3) is 10.8 Å². The lowest BCUT2D eigenvalue weighted by Gasteiger charge is -2.31. The Kier molecular flexibility index (Phi) is 8.21. The highest BCUT2D eigenvalue weighted by atomic mass is 19.1. The summed E-state index contributed by atoms with van der Waals surface area (Å²) in [6.45, 7) is 7.05. The zero-order chi connectivity index (χ0) is 26.5. The molecule has 4 rings (SSSR count). The Morgan fingerprint density at radius 2 is 1.73 bits per heavy atom. The van der Waals surface area contributed by atoms with Crippen LogP contribution in [-0.4, -0.2) is 41.8 Å². The van der Waals surface area contributed by atoms with E-state index in [1.54, 1.807) is 21.9 Å². The second-order valence-electron chi connectivity index (χ2n) is 9.95. The normalized spacial score (nSPS) is 13.3. The number of hydrogen-bond donors (Lipinski definition) is 1. The smallest absolute Gasteiger partial charge is 0.258 e. The van der Waals surface area contributed by atoms with Gasteiger partial charge in [0.15, 0.2) is 0 Å². The van der Waals surface area contributed by atoms with Gasteiger partial charge in [0.05, 0.1) is 5.69 Å². The van der Waals surface area contributed by atoms with Crippen LogP contribution in [0.5, 0.6) is 0 Å². The molecule has 7 heteroatoms. The van der Waals surface area contributed by atoms with Crippen molar-refractivity contribution in [2.45, 2.75) is 52.6 Å². The van der Waals surface area contributed by atoms with Crippen molar-refractivity contribution in [2.24, 2.45) is 5.92 Å². The first-order valence-electron chi connectivity index (χ1n) is 12.9. The van der Waals surface area contributed by atoms with Crippen LogP contribution < -0.4 is 10.2 Å². The number of hydrogen-bond acceptors (Lipinski definition) is 3. The van der Waals surface area contributed by atoms with Crippen LogP contribution in [-0.2, 0) is 16.1 Å². The van der Waals surface area contributed by atoms with Crippen LogP contribution in [0.1, 0.15) is 56.0 Å². The van der Waals surface area contributed by atoms with E-state index in [9.17, 15) is 18.8 Å². The third-order valence-electron chi connectivity index (χ3n) is 6.76. The Labute approximate surface area is 217 Å². The molecule has 0 aliphatic carbocycles. The molecule has 0 aromatic heterocycles. The van der Waals surface area contributed by atoms with E-state index in [1.807, 2.05) is 57.2 Å². The molecule has 1 atom stereocenters. The Morgan fingerprint density at radius 1 is 1.03 bits per heavy atom. The number of carbonyl (C=O) groups excluding carboxylic acids is 3. The highest BCUT2D eigenvalue weighted by Gasteiger charge is 2.31. The van der Waals surface area contributed by atoms with Gasteiger partial charge >= 0.3 is 0 Å². The fourth-order valence-corrected chi connectivity index (χ4v) is 4.86. The van der Waals surface area contributed by atoms with Crippen LogP contribution in [0.2, 0.25) is 0 Å². The van der Waals surface area contributed by atoms with Gasteiger partial charge in [0.1, 0.15) is 11.9 Å². The van der Waals surface area contributed by atoms with Gasteiger partial charge < -0.3 is 15.1 Å². The van der Waals surface area contributed by atoms with E-state index in [4.69, 9.17) is 0 Å². The van der Waals surface area contributed by atoms with E-state index in [0.717, 1.165) is 22.0 Å². The van der Waals surface area contributed by atoms with Crippen molar-refractivity contribution in [1.29, 1.82) is 0 Å². The van der Waals surface area contributed by atoms with Gasteiger partial charge in [-0.3, -0.25) is 14.4 Å². The van der Waals surface area contributed by atoms with E-state index >= 15 is 0 Å². The maximum atomic E-state index is 13.5. The van der Waals surface area contributed by atoms with Crippen molar-refractivity contribution in [3.8, 4) is 0 Å². The highest BCUT2D eigenvalue weighted by molar-refractivity contribution is 6.25. The fourth-order valence-electron chi connectivity index (χ4n) is 4.86. The van der Waals surface area contributed by atoms with Gasteiger partial charge in [-0.05, 0) is 54.0 Å². The number of nitrogens with zero attached hydrogens (tertiary/aromatic N) is 2. The summed E-state index contributed by atoms with van der Waals surface area (Å²) in [4.78, 5) is 42.9. The highest BCUT2D eigenvalue weighted by Crippen LogP contribution is 2.37. The Balaban J connectivity index is 1.47. The molecule has 1 heterocycles. The molecule has 194 valence electrons. The second kappa shape index (κ2) is 11.5. The number of amides is 3. The van der Waals surface area contributed by atoms with Gasteiger partial charge in [0.25, 0.3) is 5.91 Å². The van der Waals surface area contributed by atoms with Crippen molar-refractivity contribution in [1.82, 2.24) is 10.2 Å². The maximum absolute atomic E-state index is 13.5. The first-order chi connectivity index (χ1) is 17.8. The fraction of sp³-hybridized carbons (Fsp3) is 0.367. The Morgan fingerprint density at radius 3 is 2.41 bits per heavy atom. The molecule has 3 amide bonds. The molecule has 0 radical (unpaired) electrons. The lowest BCUT2D eigenvalue weighted by Crippen LogP contribution is -2.49. The van der Waals surface area contributed by atoms with Crippen LogP contribution in [0.15, 0.2) is 60.7 Å². The van der Waals surface area contributed by atoms with Crippen LogP contribution in [0.4, 0.5) is 10.1 Å². The first kappa shape index (κ1) is 26.3. The molecule has 0 fully saturated rings. The summed E-state index contributed by atoms with van der Waals surface area (Å²) < 4.78 is 13.5. The zero-order valence-corrected chi connectivity index (χ0v) is 21.7. The first-order valence-corrected chi connectivity index (χ1v) is 12.9. The summed E-state index contributed by atoms with van der Waals surface area (Å²) in [5, 5.41) is 4.92. The number of benzene rings is 3. The molecule has 3 aromatic rings. The molecule has 0 saturated heterocycles. The SMILES string of the molecule is CC[C@H](C(=O)NCC(C)C)N(Cc1ccc(F)cc1)C(=O)CCCN1C(=O)c2cccc3cccc1c23. The predicted molar refractivity (Wildman–Crippen MR) is 144 cm³/mol.